The fourth-order valence-corrected chi connectivity index (χ4v) is 5.62. The molecule has 1 amide bonds. The van der Waals surface area contributed by atoms with Crippen molar-refractivity contribution in [1.29, 1.82) is 0 Å². The number of rotatable bonds is 12. The molecule has 0 fully saturated rings. The van der Waals surface area contributed by atoms with Crippen LogP contribution in [-0.4, -0.2) is 50.9 Å². The molecule has 228 valence electrons. The van der Waals surface area contributed by atoms with Crippen LogP contribution in [0.2, 0.25) is 0 Å². The van der Waals surface area contributed by atoms with Gasteiger partial charge in [0.2, 0.25) is 0 Å². The highest BCUT2D eigenvalue weighted by atomic mass is 19.1. The number of nitrogens with one attached hydrogen (secondary N) is 1. The van der Waals surface area contributed by atoms with Crippen molar-refractivity contribution in [3.05, 3.63) is 82.3 Å². The zero-order chi connectivity index (χ0) is 31.1. The van der Waals surface area contributed by atoms with Crippen LogP contribution >= 0.6 is 0 Å². The maximum Gasteiger partial charge on any atom is 0.305 e. The van der Waals surface area contributed by atoms with Crippen LogP contribution in [0.1, 0.15) is 91.5 Å². The van der Waals surface area contributed by atoms with E-state index in [9.17, 15) is 24.2 Å². The van der Waals surface area contributed by atoms with Gasteiger partial charge in [-0.3, -0.25) is 14.6 Å². The summed E-state index contributed by atoms with van der Waals surface area (Å²) in [5, 5.41) is 32.7. The van der Waals surface area contributed by atoms with Crippen LogP contribution in [0.15, 0.2) is 48.5 Å². The smallest absolute Gasteiger partial charge is 0.305 e. The van der Waals surface area contributed by atoms with E-state index in [1.807, 2.05) is 32.0 Å². The number of aryl methyl sites for hydroxylation is 1. The summed E-state index contributed by atoms with van der Waals surface area (Å²) in [7, 11) is 0. The zero-order valence-corrected chi connectivity index (χ0v) is 25.1. The predicted molar refractivity (Wildman–Crippen MR) is 166 cm³/mol. The molecule has 1 aromatic heterocycles. The molecule has 0 radical (unpaired) electrons. The van der Waals surface area contributed by atoms with E-state index in [-0.39, 0.29) is 24.1 Å². The Kier molecular flexibility index (Phi) is 10.8. The third-order valence-electron chi connectivity index (χ3n) is 7.77. The van der Waals surface area contributed by atoms with E-state index in [1.165, 1.54) is 12.1 Å². The Bertz CT molecular complexity index is 1480. The van der Waals surface area contributed by atoms with Crippen molar-refractivity contribution in [1.82, 2.24) is 10.3 Å². The van der Waals surface area contributed by atoms with E-state index < -0.39 is 24.6 Å². The van der Waals surface area contributed by atoms with Crippen molar-refractivity contribution in [2.24, 2.45) is 0 Å². The number of pyridine rings is 1. The molecule has 0 saturated carbocycles. The highest BCUT2D eigenvalue weighted by Crippen LogP contribution is 2.42. The van der Waals surface area contributed by atoms with Gasteiger partial charge >= 0.3 is 5.97 Å². The lowest BCUT2D eigenvalue weighted by atomic mass is 9.86. The maximum absolute atomic E-state index is 14.0. The van der Waals surface area contributed by atoms with Crippen molar-refractivity contribution in [3.63, 3.8) is 0 Å². The minimum absolute atomic E-state index is 0.0221. The normalized spacial score (nSPS) is 14.2. The number of hydrogen-bond acceptors (Lipinski definition) is 5. The molecule has 1 aliphatic rings. The van der Waals surface area contributed by atoms with Crippen LogP contribution in [0.5, 0.6) is 0 Å². The summed E-state index contributed by atoms with van der Waals surface area (Å²) in [6.45, 7) is 6.75. The Hall–Kier alpha value is -3.88. The fraction of sp³-hybridized carbons (Fsp3) is 0.400. The molecule has 4 N–H and O–H groups in total. The largest absolute Gasteiger partial charge is 0.481 e. The number of halogens is 1. The average Bonchev–Trinajstić information content (AvgIpc) is 3.14. The molecule has 4 rings (SSSR count). The first-order valence-electron chi connectivity index (χ1n) is 15.1. The first-order valence-corrected chi connectivity index (χ1v) is 15.1. The number of aliphatic hydroxyl groups is 2. The van der Waals surface area contributed by atoms with Crippen LogP contribution < -0.4 is 5.32 Å². The quantitative estimate of drug-likeness (QED) is 0.185. The molecule has 0 spiro atoms. The molecule has 43 heavy (non-hydrogen) atoms. The van der Waals surface area contributed by atoms with Gasteiger partial charge < -0.3 is 20.6 Å². The number of nitrogens with zero attached hydrogens (tertiary/aromatic N) is 1. The molecule has 0 saturated heterocycles. The Morgan fingerprint density at radius 2 is 1.84 bits per heavy atom. The van der Waals surface area contributed by atoms with Gasteiger partial charge in [-0.2, -0.15) is 0 Å². The Balaban J connectivity index is 1.89. The average molecular weight is 589 g/mol. The summed E-state index contributed by atoms with van der Waals surface area (Å²) < 4.78 is 14.0. The second-order valence-corrected chi connectivity index (χ2v) is 11.5. The van der Waals surface area contributed by atoms with Crippen LogP contribution in [0.4, 0.5) is 4.39 Å². The topological polar surface area (TPSA) is 120 Å². The van der Waals surface area contributed by atoms with Crippen molar-refractivity contribution in [3.8, 4) is 22.4 Å². The third-order valence-corrected chi connectivity index (χ3v) is 7.77. The SMILES string of the molecule is CCCCNC(=O)c1ccc2c(c1)-c1nc(C(C)C)c(/C=C/[C@@H](O)C[C@@H](O)CC(=O)O)c(-c3ccc(F)cc3)c1CCC2. The summed E-state index contributed by atoms with van der Waals surface area (Å²) in [6.07, 6.45) is 4.76. The number of hydrogen-bond donors (Lipinski definition) is 4. The molecule has 3 aromatic rings. The molecular formula is C35H41FN2O5. The number of fused-ring (bicyclic) bond motifs is 3. The minimum atomic E-state index is -1.19. The van der Waals surface area contributed by atoms with Gasteiger partial charge in [-0.15, -0.1) is 0 Å². The number of aromatic nitrogens is 1. The number of carboxylic acids is 1. The van der Waals surface area contributed by atoms with Gasteiger partial charge in [0, 0.05) is 29.7 Å². The van der Waals surface area contributed by atoms with Crippen molar-refractivity contribution < 1.29 is 29.3 Å². The fourth-order valence-electron chi connectivity index (χ4n) is 5.62. The summed E-state index contributed by atoms with van der Waals surface area (Å²) in [5.74, 6) is -1.63. The highest BCUT2D eigenvalue weighted by Gasteiger charge is 2.26. The number of amides is 1. The summed E-state index contributed by atoms with van der Waals surface area (Å²) in [5.41, 5.74) is 7.63. The molecule has 0 bridgehead atoms. The summed E-state index contributed by atoms with van der Waals surface area (Å²) in [4.78, 5) is 29.2. The molecule has 1 aliphatic carbocycles. The minimum Gasteiger partial charge on any atom is -0.481 e. The van der Waals surface area contributed by atoms with E-state index in [1.54, 1.807) is 24.3 Å². The number of carbonyl (C=O) groups excluding carboxylic acids is 1. The highest BCUT2D eigenvalue weighted by molar-refractivity contribution is 5.96. The van der Waals surface area contributed by atoms with Gasteiger partial charge in [-0.1, -0.05) is 57.5 Å². The first-order chi connectivity index (χ1) is 20.6. The number of benzene rings is 2. The van der Waals surface area contributed by atoms with Crippen LogP contribution in [0, 0.1) is 5.82 Å². The molecule has 2 aromatic carbocycles. The zero-order valence-electron chi connectivity index (χ0n) is 25.1. The van der Waals surface area contributed by atoms with Crippen molar-refractivity contribution in [2.45, 2.75) is 83.8 Å². The molecule has 7 nitrogen and oxygen atoms in total. The van der Waals surface area contributed by atoms with Gasteiger partial charge in [0.1, 0.15) is 5.82 Å². The van der Waals surface area contributed by atoms with Gasteiger partial charge in [-0.05, 0) is 78.1 Å². The summed E-state index contributed by atoms with van der Waals surface area (Å²) in [6, 6.07) is 12.1. The van der Waals surface area contributed by atoms with Gasteiger partial charge in [0.25, 0.3) is 5.91 Å². The number of aliphatic carboxylic acids is 1. The van der Waals surface area contributed by atoms with Gasteiger partial charge in [0.05, 0.1) is 30.0 Å². The van der Waals surface area contributed by atoms with Crippen LogP contribution in [-0.2, 0) is 17.6 Å². The lowest BCUT2D eigenvalue weighted by Gasteiger charge is -2.22. The Morgan fingerprint density at radius 1 is 1.09 bits per heavy atom. The second kappa shape index (κ2) is 14.5. The van der Waals surface area contributed by atoms with E-state index in [0.717, 1.165) is 70.5 Å². The Morgan fingerprint density at radius 3 is 2.51 bits per heavy atom. The van der Waals surface area contributed by atoms with Crippen LogP contribution in [0.25, 0.3) is 28.5 Å². The standard InChI is InChI=1S/C35H41FN2O5/c1-4-5-17-37-35(43)24-10-9-22-7-6-8-28-32(23-11-13-25(36)14-12-23)29(16-15-26(39)19-27(40)20-31(41)42)33(21(2)3)38-34(28)30(22)18-24/h9-16,18,21,26-27,39-40H,4-8,17,19-20H2,1-3H3,(H,37,43)(H,41,42)/b16-15+/t26-,27-/m1/s1. The monoisotopic (exact) mass is 588 g/mol. The predicted octanol–water partition coefficient (Wildman–Crippen LogP) is 6.30. The second-order valence-electron chi connectivity index (χ2n) is 11.5. The molecule has 0 aliphatic heterocycles. The molecular weight excluding hydrogens is 547 g/mol. The molecule has 1 heterocycles. The maximum atomic E-state index is 14.0. The third kappa shape index (κ3) is 7.94. The lowest BCUT2D eigenvalue weighted by molar-refractivity contribution is -0.139. The summed E-state index contributed by atoms with van der Waals surface area (Å²) >= 11 is 0. The number of carbonyl (C=O) groups is 2. The van der Waals surface area contributed by atoms with Crippen molar-refractivity contribution >= 4 is 18.0 Å². The number of unbranched alkanes of at least 4 members (excludes halogenated alkanes) is 1. The van der Waals surface area contributed by atoms with Crippen LogP contribution in [0.3, 0.4) is 0 Å². The molecule has 0 unspecified atom stereocenters. The molecule has 8 heteroatoms. The number of carboxylic acid groups (broad SMARTS) is 1. The number of aliphatic hydroxyl groups excluding tert-OH is 2. The van der Waals surface area contributed by atoms with E-state index in [4.69, 9.17) is 10.1 Å². The van der Waals surface area contributed by atoms with Gasteiger partial charge in [0.15, 0.2) is 0 Å². The Labute approximate surface area is 252 Å². The van der Waals surface area contributed by atoms with E-state index in [2.05, 4.69) is 12.2 Å². The van der Waals surface area contributed by atoms with Crippen molar-refractivity contribution in [2.75, 3.05) is 6.54 Å². The first kappa shape index (κ1) is 32.0. The van der Waals surface area contributed by atoms with E-state index >= 15 is 0 Å². The van der Waals surface area contributed by atoms with E-state index in [0.29, 0.717) is 18.5 Å². The van der Waals surface area contributed by atoms with Gasteiger partial charge in [-0.25, -0.2) is 4.39 Å². The lowest BCUT2D eigenvalue weighted by Crippen LogP contribution is -2.24. The molecule has 2 atom stereocenters.